The number of dihydropyridines is 1. The summed E-state index contributed by atoms with van der Waals surface area (Å²) in [4.78, 5) is 14.5. The molecule has 0 fully saturated rings. The molecule has 2 atom stereocenters. The Labute approximate surface area is 75.8 Å². The molecule has 0 saturated carbocycles. The molecule has 0 saturated heterocycles. The Morgan fingerprint density at radius 1 is 1.31 bits per heavy atom. The third kappa shape index (κ3) is 1.45. The molecule has 2 rings (SSSR count). The van der Waals surface area contributed by atoms with Crippen LogP contribution in [0.4, 0.5) is 0 Å². The average Bonchev–Trinajstić information content (AvgIpc) is 2.17. The first-order valence-electron chi connectivity index (χ1n) is 4.10. The van der Waals surface area contributed by atoms with E-state index in [1.54, 1.807) is 0 Å². The molecule has 3 heteroatoms. The number of nitrogens with zero attached hydrogens (tertiary/aromatic N) is 1. The van der Waals surface area contributed by atoms with Gasteiger partial charge in [0.15, 0.2) is 0 Å². The van der Waals surface area contributed by atoms with Crippen molar-refractivity contribution in [2.45, 2.75) is 6.04 Å². The molecule has 66 valence electrons. The highest BCUT2D eigenvalue weighted by atomic mass is 16.4. The van der Waals surface area contributed by atoms with Gasteiger partial charge in [-0.05, 0) is 6.08 Å². The van der Waals surface area contributed by atoms with Gasteiger partial charge in [0.25, 0.3) is 0 Å². The van der Waals surface area contributed by atoms with Crippen molar-refractivity contribution < 1.29 is 9.90 Å². The van der Waals surface area contributed by atoms with Crippen LogP contribution in [0.3, 0.4) is 0 Å². The van der Waals surface area contributed by atoms with E-state index in [-0.39, 0.29) is 17.7 Å². The van der Waals surface area contributed by atoms with Gasteiger partial charge in [-0.3, -0.25) is 4.99 Å². The Kier molecular flexibility index (Phi) is 1.85. The fourth-order valence-corrected chi connectivity index (χ4v) is 1.45. The molecule has 0 bridgehead atoms. The van der Waals surface area contributed by atoms with E-state index in [9.17, 15) is 9.90 Å². The lowest BCUT2D eigenvalue weighted by Gasteiger charge is -2.22. The molecule has 3 nitrogen and oxygen atoms in total. The fourth-order valence-electron chi connectivity index (χ4n) is 1.45. The number of fused-ring (bicyclic) bond motifs is 1. The minimum absolute atomic E-state index is 0.0289. The number of aliphatic carboxylic acids is 1. The van der Waals surface area contributed by atoms with Gasteiger partial charge >= 0.3 is 0 Å². The summed E-state index contributed by atoms with van der Waals surface area (Å²) in [6.07, 6.45) is 11.0. The molecule has 13 heavy (non-hydrogen) atoms. The Balaban J connectivity index is 2.27. The molecule has 0 aromatic heterocycles. The number of aliphatic imine (C=N–C) groups is 1. The lowest BCUT2D eigenvalue weighted by Crippen LogP contribution is -2.34. The van der Waals surface area contributed by atoms with Crippen molar-refractivity contribution in [1.82, 2.24) is 0 Å². The maximum absolute atomic E-state index is 10.5. The van der Waals surface area contributed by atoms with Crippen LogP contribution >= 0.6 is 0 Å². The summed E-state index contributed by atoms with van der Waals surface area (Å²) in [6.45, 7) is 0. The lowest BCUT2D eigenvalue weighted by atomic mass is 9.92. The second-order valence-corrected chi connectivity index (χ2v) is 3.00. The SMILES string of the molecule is O=C([O-])C1=NC2C=CC=CC2C=C1. The first-order valence-corrected chi connectivity index (χ1v) is 4.10. The molecule has 0 amide bonds. The normalized spacial score (nSPS) is 29.7. The molecule has 1 aliphatic heterocycles. The van der Waals surface area contributed by atoms with Crippen LogP contribution in [0.25, 0.3) is 0 Å². The van der Waals surface area contributed by atoms with Crippen molar-refractivity contribution in [1.29, 1.82) is 0 Å². The van der Waals surface area contributed by atoms with Crippen LogP contribution in [0, 0.1) is 5.92 Å². The summed E-state index contributed by atoms with van der Waals surface area (Å²) < 4.78 is 0. The van der Waals surface area contributed by atoms with E-state index >= 15 is 0 Å². The molecule has 0 radical (unpaired) electrons. The first-order chi connectivity index (χ1) is 6.27. The van der Waals surface area contributed by atoms with Gasteiger partial charge in [-0.25, -0.2) is 0 Å². The standard InChI is InChI=1S/C10H9NO2/c12-10(13)9-6-5-7-3-1-2-4-8(7)11-9/h1-8H,(H,12,13)/p-1. The molecule has 1 heterocycles. The van der Waals surface area contributed by atoms with E-state index in [1.807, 2.05) is 30.4 Å². The number of hydrogen-bond donors (Lipinski definition) is 0. The monoisotopic (exact) mass is 174 g/mol. The molecule has 2 unspecified atom stereocenters. The predicted octanol–water partition coefficient (Wildman–Crippen LogP) is -0.142. The Morgan fingerprint density at radius 3 is 2.85 bits per heavy atom. The summed E-state index contributed by atoms with van der Waals surface area (Å²) in [5.74, 6) is -1.01. The number of carbonyl (C=O) groups is 1. The van der Waals surface area contributed by atoms with Crippen molar-refractivity contribution in [3.63, 3.8) is 0 Å². The maximum Gasteiger partial charge on any atom is 0.0895 e. The molecule has 2 aliphatic rings. The second kappa shape index (κ2) is 3.01. The summed E-state index contributed by atoms with van der Waals surface area (Å²) in [6, 6.07) is -0.0668. The molecule has 0 N–H and O–H groups in total. The number of carbonyl (C=O) groups excluding carboxylic acids is 1. The smallest absolute Gasteiger partial charge is 0.0895 e. The van der Waals surface area contributed by atoms with E-state index in [2.05, 4.69) is 4.99 Å². The minimum Gasteiger partial charge on any atom is -0.543 e. The van der Waals surface area contributed by atoms with Crippen LogP contribution in [-0.4, -0.2) is 17.7 Å². The Hall–Kier alpha value is -1.64. The van der Waals surface area contributed by atoms with Crippen LogP contribution in [-0.2, 0) is 4.79 Å². The predicted molar refractivity (Wildman–Crippen MR) is 47.1 cm³/mol. The molecule has 0 spiro atoms. The van der Waals surface area contributed by atoms with Gasteiger partial charge in [0, 0.05) is 5.92 Å². The van der Waals surface area contributed by atoms with Crippen LogP contribution in [0.5, 0.6) is 0 Å². The van der Waals surface area contributed by atoms with Crippen LogP contribution < -0.4 is 5.11 Å². The van der Waals surface area contributed by atoms with Gasteiger partial charge in [-0.1, -0.05) is 30.4 Å². The number of carboxylic acids is 1. The van der Waals surface area contributed by atoms with E-state index < -0.39 is 5.97 Å². The van der Waals surface area contributed by atoms with E-state index in [1.165, 1.54) is 6.08 Å². The highest BCUT2D eigenvalue weighted by molar-refractivity contribution is 6.39. The number of carboxylic acid groups (broad SMARTS) is 1. The number of hydrogen-bond acceptors (Lipinski definition) is 3. The third-order valence-corrected chi connectivity index (χ3v) is 2.12. The van der Waals surface area contributed by atoms with Gasteiger partial charge in [-0.2, -0.15) is 0 Å². The minimum atomic E-state index is -1.21. The van der Waals surface area contributed by atoms with Crippen molar-refractivity contribution in [3.05, 3.63) is 36.5 Å². The highest BCUT2D eigenvalue weighted by Crippen LogP contribution is 2.20. The zero-order chi connectivity index (χ0) is 9.26. The molecular weight excluding hydrogens is 166 g/mol. The van der Waals surface area contributed by atoms with Gasteiger partial charge in [0.1, 0.15) is 0 Å². The summed E-state index contributed by atoms with van der Waals surface area (Å²) in [5, 5.41) is 10.5. The Morgan fingerprint density at radius 2 is 2.08 bits per heavy atom. The highest BCUT2D eigenvalue weighted by Gasteiger charge is 2.18. The summed E-state index contributed by atoms with van der Waals surface area (Å²) in [5.41, 5.74) is 0.0289. The third-order valence-electron chi connectivity index (χ3n) is 2.12. The fraction of sp³-hybridized carbons (Fsp3) is 0.200. The van der Waals surface area contributed by atoms with Crippen molar-refractivity contribution >= 4 is 11.7 Å². The number of allylic oxidation sites excluding steroid dienone is 2. The van der Waals surface area contributed by atoms with Gasteiger partial charge in [-0.15, -0.1) is 0 Å². The molecule has 0 aromatic carbocycles. The van der Waals surface area contributed by atoms with Gasteiger partial charge < -0.3 is 9.90 Å². The van der Waals surface area contributed by atoms with Crippen LogP contribution in [0.1, 0.15) is 0 Å². The van der Waals surface area contributed by atoms with E-state index in [0.717, 1.165) is 0 Å². The quantitative estimate of drug-likeness (QED) is 0.555. The largest absolute Gasteiger partial charge is 0.543 e. The van der Waals surface area contributed by atoms with E-state index in [4.69, 9.17) is 0 Å². The topological polar surface area (TPSA) is 52.5 Å². The first kappa shape index (κ1) is 7.98. The van der Waals surface area contributed by atoms with Gasteiger partial charge in [0.05, 0.1) is 17.7 Å². The van der Waals surface area contributed by atoms with Crippen molar-refractivity contribution in [2.24, 2.45) is 10.9 Å². The van der Waals surface area contributed by atoms with E-state index in [0.29, 0.717) is 0 Å². The van der Waals surface area contributed by atoms with Crippen LogP contribution in [0.2, 0.25) is 0 Å². The lowest BCUT2D eigenvalue weighted by molar-refractivity contribution is -0.294. The number of rotatable bonds is 1. The second-order valence-electron chi connectivity index (χ2n) is 3.00. The zero-order valence-corrected chi connectivity index (χ0v) is 6.88. The maximum atomic E-state index is 10.5. The van der Waals surface area contributed by atoms with Crippen molar-refractivity contribution in [2.75, 3.05) is 0 Å². The molecule has 0 aromatic rings. The Bertz CT molecular complexity index is 350. The van der Waals surface area contributed by atoms with Crippen LogP contribution in [0.15, 0.2) is 41.4 Å². The molecular formula is C10H8NO2-. The molecule has 1 aliphatic carbocycles. The van der Waals surface area contributed by atoms with Crippen molar-refractivity contribution in [3.8, 4) is 0 Å². The zero-order valence-electron chi connectivity index (χ0n) is 6.88. The van der Waals surface area contributed by atoms with Gasteiger partial charge in [0.2, 0.25) is 0 Å². The average molecular weight is 174 g/mol. The summed E-state index contributed by atoms with van der Waals surface area (Å²) >= 11 is 0. The summed E-state index contributed by atoms with van der Waals surface area (Å²) in [7, 11) is 0.